The molecule has 2 heterocycles. The molecule has 2 fully saturated rings. The first kappa shape index (κ1) is 14.1. The van der Waals surface area contributed by atoms with Gasteiger partial charge in [0, 0.05) is 12.6 Å². The third-order valence-electron chi connectivity index (χ3n) is 3.53. The molecule has 1 amide bonds. The van der Waals surface area contributed by atoms with Crippen molar-refractivity contribution in [2.24, 2.45) is 5.92 Å². The summed E-state index contributed by atoms with van der Waals surface area (Å²) in [6, 6.07) is -0.142. The molecule has 7 nitrogen and oxygen atoms in total. The molecule has 2 rings (SSSR count). The van der Waals surface area contributed by atoms with Crippen LogP contribution in [0, 0.1) is 5.92 Å². The molecule has 0 spiro atoms. The van der Waals surface area contributed by atoms with Gasteiger partial charge in [-0.3, -0.25) is 9.69 Å². The number of nitrogens with zero attached hydrogens (tertiary/aromatic N) is 1. The van der Waals surface area contributed by atoms with Crippen LogP contribution >= 0.6 is 0 Å². The van der Waals surface area contributed by atoms with Crippen LogP contribution in [-0.2, 0) is 14.3 Å². The Bertz CT molecular complexity index is 349. The van der Waals surface area contributed by atoms with Crippen LogP contribution in [0.5, 0.6) is 0 Å². The van der Waals surface area contributed by atoms with Crippen LogP contribution in [0.2, 0.25) is 0 Å². The van der Waals surface area contributed by atoms with E-state index in [-0.39, 0.29) is 18.8 Å². The van der Waals surface area contributed by atoms with Crippen molar-refractivity contribution in [3.8, 4) is 0 Å². The van der Waals surface area contributed by atoms with Crippen molar-refractivity contribution in [2.45, 2.75) is 25.5 Å². The molecule has 0 aromatic rings. The SMILES string of the molecule is CCCN(CC1CNC(=O)O1)C1COCC1C(=O)O. The van der Waals surface area contributed by atoms with Crippen molar-refractivity contribution in [3.05, 3.63) is 0 Å². The lowest BCUT2D eigenvalue weighted by molar-refractivity contribution is -0.143. The van der Waals surface area contributed by atoms with Crippen LogP contribution in [0.3, 0.4) is 0 Å². The summed E-state index contributed by atoms with van der Waals surface area (Å²) in [4.78, 5) is 24.3. The van der Waals surface area contributed by atoms with E-state index >= 15 is 0 Å². The average molecular weight is 272 g/mol. The smallest absolute Gasteiger partial charge is 0.407 e. The van der Waals surface area contributed by atoms with Gasteiger partial charge < -0.3 is 19.9 Å². The van der Waals surface area contributed by atoms with E-state index in [0.717, 1.165) is 13.0 Å². The van der Waals surface area contributed by atoms with Gasteiger partial charge in [0.25, 0.3) is 0 Å². The maximum absolute atomic E-state index is 11.2. The minimum atomic E-state index is -0.829. The predicted molar refractivity (Wildman–Crippen MR) is 65.9 cm³/mol. The fourth-order valence-corrected chi connectivity index (χ4v) is 2.61. The zero-order chi connectivity index (χ0) is 13.8. The molecule has 0 aliphatic carbocycles. The van der Waals surface area contributed by atoms with Crippen molar-refractivity contribution in [3.63, 3.8) is 0 Å². The molecular formula is C12H20N2O5. The van der Waals surface area contributed by atoms with Gasteiger partial charge in [-0.15, -0.1) is 0 Å². The summed E-state index contributed by atoms with van der Waals surface area (Å²) in [5.74, 6) is -1.33. The summed E-state index contributed by atoms with van der Waals surface area (Å²) in [5, 5.41) is 11.8. The highest BCUT2D eigenvalue weighted by atomic mass is 16.6. The molecule has 0 aromatic carbocycles. The van der Waals surface area contributed by atoms with Crippen LogP contribution in [0.1, 0.15) is 13.3 Å². The quantitative estimate of drug-likeness (QED) is 0.702. The summed E-state index contributed by atoms with van der Waals surface area (Å²) in [6.07, 6.45) is 0.296. The number of nitrogens with one attached hydrogen (secondary N) is 1. The van der Waals surface area contributed by atoms with E-state index in [9.17, 15) is 14.7 Å². The third-order valence-corrected chi connectivity index (χ3v) is 3.53. The fraction of sp³-hybridized carbons (Fsp3) is 0.833. The number of carbonyl (C=O) groups is 2. The van der Waals surface area contributed by atoms with E-state index in [1.54, 1.807) is 0 Å². The van der Waals surface area contributed by atoms with E-state index in [1.807, 2.05) is 6.92 Å². The first-order valence-electron chi connectivity index (χ1n) is 6.61. The lowest BCUT2D eigenvalue weighted by atomic mass is 10.0. The Morgan fingerprint density at radius 2 is 2.32 bits per heavy atom. The maximum atomic E-state index is 11.2. The topological polar surface area (TPSA) is 88.1 Å². The number of hydrogen-bond acceptors (Lipinski definition) is 5. The van der Waals surface area contributed by atoms with Gasteiger partial charge in [0.2, 0.25) is 0 Å². The van der Waals surface area contributed by atoms with E-state index in [0.29, 0.717) is 19.7 Å². The second kappa shape index (κ2) is 6.21. The second-order valence-electron chi connectivity index (χ2n) is 4.95. The number of aliphatic carboxylic acids is 1. The summed E-state index contributed by atoms with van der Waals surface area (Å²) in [5.41, 5.74) is 0. The zero-order valence-corrected chi connectivity index (χ0v) is 11.0. The van der Waals surface area contributed by atoms with Crippen molar-refractivity contribution in [2.75, 3.05) is 32.8 Å². The molecule has 0 radical (unpaired) electrons. The van der Waals surface area contributed by atoms with E-state index in [1.165, 1.54) is 0 Å². The number of carbonyl (C=O) groups excluding carboxylic acids is 1. The number of cyclic esters (lactones) is 1. The van der Waals surface area contributed by atoms with Gasteiger partial charge >= 0.3 is 12.1 Å². The monoisotopic (exact) mass is 272 g/mol. The number of carboxylic acids is 1. The van der Waals surface area contributed by atoms with Gasteiger partial charge in [-0.1, -0.05) is 6.92 Å². The molecule has 2 aliphatic heterocycles. The van der Waals surface area contributed by atoms with Crippen LogP contribution in [0.25, 0.3) is 0 Å². The molecule has 2 saturated heterocycles. The highest BCUT2D eigenvalue weighted by Gasteiger charge is 2.39. The van der Waals surface area contributed by atoms with Crippen LogP contribution < -0.4 is 5.32 Å². The number of carboxylic acid groups (broad SMARTS) is 1. The molecule has 0 aromatic heterocycles. The molecule has 7 heteroatoms. The molecule has 19 heavy (non-hydrogen) atoms. The molecule has 0 saturated carbocycles. The highest BCUT2D eigenvalue weighted by molar-refractivity contribution is 5.71. The Hall–Kier alpha value is -1.34. The number of ether oxygens (including phenoxy) is 2. The Kier molecular flexibility index (Phi) is 4.60. The van der Waals surface area contributed by atoms with Crippen LogP contribution in [0.15, 0.2) is 0 Å². The molecule has 3 atom stereocenters. The summed E-state index contributed by atoms with van der Waals surface area (Å²) in [6.45, 7) is 4.51. The molecule has 2 N–H and O–H groups in total. The van der Waals surface area contributed by atoms with E-state index < -0.39 is 18.0 Å². The van der Waals surface area contributed by atoms with Crippen molar-refractivity contribution < 1.29 is 24.2 Å². The summed E-state index contributed by atoms with van der Waals surface area (Å²) < 4.78 is 10.4. The standard InChI is InChI=1S/C12H20N2O5/c1-2-3-14(5-8-4-13-12(17)19-8)10-7-18-6-9(10)11(15)16/h8-10H,2-7H2,1H3,(H,13,17)(H,15,16). The maximum Gasteiger partial charge on any atom is 0.407 e. The molecular weight excluding hydrogens is 252 g/mol. The number of hydrogen-bond donors (Lipinski definition) is 2. The van der Waals surface area contributed by atoms with Crippen LogP contribution in [-0.4, -0.2) is 67.1 Å². The lowest BCUT2D eigenvalue weighted by Gasteiger charge is -2.31. The number of amides is 1. The zero-order valence-electron chi connectivity index (χ0n) is 11.0. The normalized spacial score (nSPS) is 30.4. The fourth-order valence-electron chi connectivity index (χ4n) is 2.61. The van der Waals surface area contributed by atoms with E-state index in [2.05, 4.69) is 10.2 Å². The Balaban J connectivity index is 1.98. The molecule has 3 unspecified atom stereocenters. The molecule has 2 aliphatic rings. The highest BCUT2D eigenvalue weighted by Crippen LogP contribution is 2.21. The van der Waals surface area contributed by atoms with Gasteiger partial charge in [-0.05, 0) is 13.0 Å². The van der Waals surface area contributed by atoms with Crippen molar-refractivity contribution >= 4 is 12.1 Å². The van der Waals surface area contributed by atoms with Gasteiger partial charge in [-0.2, -0.15) is 0 Å². The minimum Gasteiger partial charge on any atom is -0.481 e. The molecule has 108 valence electrons. The minimum absolute atomic E-state index is 0.142. The second-order valence-corrected chi connectivity index (χ2v) is 4.95. The Morgan fingerprint density at radius 1 is 1.53 bits per heavy atom. The average Bonchev–Trinajstić information content (AvgIpc) is 2.97. The lowest BCUT2D eigenvalue weighted by Crippen LogP contribution is -2.47. The Labute approximate surface area is 111 Å². The van der Waals surface area contributed by atoms with Crippen molar-refractivity contribution in [1.29, 1.82) is 0 Å². The van der Waals surface area contributed by atoms with Gasteiger partial charge in [0.15, 0.2) is 0 Å². The summed E-state index contributed by atoms with van der Waals surface area (Å²) in [7, 11) is 0. The summed E-state index contributed by atoms with van der Waals surface area (Å²) >= 11 is 0. The largest absolute Gasteiger partial charge is 0.481 e. The first-order chi connectivity index (χ1) is 9.11. The van der Waals surface area contributed by atoms with Crippen molar-refractivity contribution in [1.82, 2.24) is 10.2 Å². The van der Waals surface area contributed by atoms with Gasteiger partial charge in [0.1, 0.15) is 6.10 Å². The third kappa shape index (κ3) is 3.36. The number of rotatable bonds is 6. The van der Waals surface area contributed by atoms with Crippen LogP contribution in [0.4, 0.5) is 4.79 Å². The van der Waals surface area contributed by atoms with Gasteiger partial charge in [-0.25, -0.2) is 4.79 Å². The predicted octanol–water partition coefficient (Wildman–Crippen LogP) is -0.0936. The Morgan fingerprint density at radius 3 is 2.89 bits per heavy atom. The van der Waals surface area contributed by atoms with Gasteiger partial charge in [0.05, 0.1) is 25.7 Å². The van der Waals surface area contributed by atoms with E-state index in [4.69, 9.17) is 9.47 Å². The number of alkyl carbamates (subject to hydrolysis) is 1. The molecule has 0 bridgehead atoms. The first-order valence-corrected chi connectivity index (χ1v) is 6.61.